The Morgan fingerprint density at radius 3 is 2.83 bits per heavy atom. The summed E-state index contributed by atoms with van der Waals surface area (Å²) in [6.45, 7) is 3.19. The molecule has 0 aromatic carbocycles. The van der Waals surface area contributed by atoms with Gasteiger partial charge >= 0.3 is 0 Å². The lowest BCUT2D eigenvalue weighted by Gasteiger charge is -2.35. The van der Waals surface area contributed by atoms with Gasteiger partial charge in [0.25, 0.3) is 0 Å². The summed E-state index contributed by atoms with van der Waals surface area (Å²) < 4.78 is 0. The fourth-order valence-corrected chi connectivity index (χ4v) is 2.76. The van der Waals surface area contributed by atoms with Gasteiger partial charge in [0, 0.05) is 25.0 Å². The van der Waals surface area contributed by atoms with Crippen LogP contribution in [0.25, 0.3) is 0 Å². The van der Waals surface area contributed by atoms with Crippen molar-refractivity contribution in [2.45, 2.75) is 57.0 Å². The van der Waals surface area contributed by atoms with Crippen LogP contribution in [0.3, 0.4) is 0 Å². The molecule has 4 heteroatoms. The minimum atomic E-state index is 0.246. The second kappa shape index (κ2) is 7.10. The van der Waals surface area contributed by atoms with Crippen LogP contribution in [0.1, 0.15) is 44.9 Å². The number of carbonyl (C=O) groups excluding carboxylic acids is 1. The molecule has 2 fully saturated rings. The highest BCUT2D eigenvalue weighted by Crippen LogP contribution is 2.20. The highest BCUT2D eigenvalue weighted by Gasteiger charge is 2.25. The number of hydrogen-bond acceptors (Lipinski definition) is 3. The van der Waals surface area contributed by atoms with E-state index in [2.05, 4.69) is 15.5 Å². The molecule has 2 rings (SSSR count). The number of piperidine rings is 1. The molecule has 104 valence electrons. The summed E-state index contributed by atoms with van der Waals surface area (Å²) in [7, 11) is 2.01. The maximum atomic E-state index is 11.7. The van der Waals surface area contributed by atoms with Gasteiger partial charge in [-0.3, -0.25) is 9.69 Å². The Bertz CT molecular complexity index is 266. The summed E-state index contributed by atoms with van der Waals surface area (Å²) in [5, 5.41) is 6.30. The zero-order valence-electron chi connectivity index (χ0n) is 11.6. The molecule has 1 saturated carbocycles. The molecule has 1 saturated heterocycles. The first-order valence-electron chi connectivity index (χ1n) is 7.47. The first-order valence-corrected chi connectivity index (χ1v) is 7.47. The van der Waals surface area contributed by atoms with E-state index >= 15 is 0 Å². The Hall–Kier alpha value is -0.610. The largest absolute Gasteiger partial charge is 0.353 e. The van der Waals surface area contributed by atoms with E-state index in [0.717, 1.165) is 13.1 Å². The minimum Gasteiger partial charge on any atom is -0.353 e. The number of hydrogen-bond donors (Lipinski definition) is 2. The standard InChI is InChI=1S/C14H27N3O/c1-15-9-7-13-4-2-3-10-17(13)11-8-14(18)16-12-5-6-12/h12-13,15H,2-11H2,1H3,(H,16,18). The van der Waals surface area contributed by atoms with Crippen molar-refractivity contribution in [3.63, 3.8) is 0 Å². The van der Waals surface area contributed by atoms with Crippen LogP contribution < -0.4 is 10.6 Å². The third kappa shape index (κ3) is 4.58. The van der Waals surface area contributed by atoms with Crippen molar-refractivity contribution in [1.82, 2.24) is 15.5 Å². The molecular formula is C14H27N3O. The maximum absolute atomic E-state index is 11.7. The molecule has 18 heavy (non-hydrogen) atoms. The van der Waals surface area contributed by atoms with E-state index in [1.54, 1.807) is 0 Å². The third-order valence-corrected chi connectivity index (χ3v) is 4.05. The molecule has 0 bridgehead atoms. The highest BCUT2D eigenvalue weighted by molar-refractivity contribution is 5.76. The maximum Gasteiger partial charge on any atom is 0.221 e. The number of amides is 1. The first-order chi connectivity index (χ1) is 8.79. The fourth-order valence-electron chi connectivity index (χ4n) is 2.76. The molecule has 1 amide bonds. The SMILES string of the molecule is CNCCC1CCCCN1CCC(=O)NC1CC1. The summed E-state index contributed by atoms with van der Waals surface area (Å²) in [6.07, 6.45) is 8.18. The minimum absolute atomic E-state index is 0.246. The van der Waals surface area contributed by atoms with Crippen molar-refractivity contribution in [3.05, 3.63) is 0 Å². The van der Waals surface area contributed by atoms with E-state index in [1.807, 2.05) is 7.05 Å². The van der Waals surface area contributed by atoms with Crippen molar-refractivity contribution in [1.29, 1.82) is 0 Å². The molecule has 1 aliphatic carbocycles. The molecule has 1 unspecified atom stereocenters. The zero-order chi connectivity index (χ0) is 12.8. The Labute approximate surface area is 110 Å². The number of nitrogens with one attached hydrogen (secondary N) is 2. The van der Waals surface area contributed by atoms with Gasteiger partial charge in [0.05, 0.1) is 0 Å². The van der Waals surface area contributed by atoms with Crippen molar-refractivity contribution in [3.8, 4) is 0 Å². The van der Waals surface area contributed by atoms with E-state index < -0.39 is 0 Å². The van der Waals surface area contributed by atoms with Gasteiger partial charge < -0.3 is 10.6 Å². The number of rotatable bonds is 7. The van der Waals surface area contributed by atoms with Gasteiger partial charge in [0.1, 0.15) is 0 Å². The molecule has 1 heterocycles. The van der Waals surface area contributed by atoms with Crippen molar-refractivity contribution in [2.24, 2.45) is 0 Å². The molecule has 2 aliphatic rings. The number of likely N-dealkylation sites (tertiary alicyclic amines) is 1. The van der Waals surface area contributed by atoms with Crippen LogP contribution in [0.2, 0.25) is 0 Å². The predicted octanol–water partition coefficient (Wildman–Crippen LogP) is 1.12. The van der Waals surface area contributed by atoms with Crippen LogP contribution in [-0.4, -0.2) is 49.6 Å². The van der Waals surface area contributed by atoms with Crippen molar-refractivity contribution < 1.29 is 4.79 Å². The second-order valence-corrected chi connectivity index (χ2v) is 5.67. The zero-order valence-corrected chi connectivity index (χ0v) is 11.6. The van der Waals surface area contributed by atoms with Gasteiger partial charge in [0.15, 0.2) is 0 Å². The van der Waals surface area contributed by atoms with Gasteiger partial charge in [-0.2, -0.15) is 0 Å². The van der Waals surface area contributed by atoms with Gasteiger partial charge in [-0.1, -0.05) is 6.42 Å². The average molecular weight is 253 g/mol. The van der Waals surface area contributed by atoms with Crippen LogP contribution >= 0.6 is 0 Å². The lowest BCUT2D eigenvalue weighted by atomic mass is 9.99. The second-order valence-electron chi connectivity index (χ2n) is 5.67. The third-order valence-electron chi connectivity index (χ3n) is 4.05. The van der Waals surface area contributed by atoms with Gasteiger partial charge in [-0.25, -0.2) is 0 Å². The van der Waals surface area contributed by atoms with Gasteiger partial charge in [0.2, 0.25) is 5.91 Å². The van der Waals surface area contributed by atoms with Gasteiger partial charge in [-0.05, 0) is 52.2 Å². The molecule has 0 radical (unpaired) electrons. The molecular weight excluding hydrogens is 226 g/mol. The van der Waals surface area contributed by atoms with Crippen LogP contribution in [0, 0.1) is 0 Å². The lowest BCUT2D eigenvalue weighted by Crippen LogP contribution is -2.42. The van der Waals surface area contributed by atoms with E-state index in [1.165, 1.54) is 45.1 Å². The quantitative estimate of drug-likeness (QED) is 0.714. The molecule has 0 aromatic rings. The summed E-state index contributed by atoms with van der Waals surface area (Å²) in [5.74, 6) is 0.246. The molecule has 0 aromatic heterocycles. The van der Waals surface area contributed by atoms with Crippen molar-refractivity contribution in [2.75, 3.05) is 26.7 Å². The van der Waals surface area contributed by atoms with E-state index in [4.69, 9.17) is 0 Å². The first kappa shape index (κ1) is 13.8. The highest BCUT2D eigenvalue weighted by atomic mass is 16.1. The summed E-state index contributed by atoms with van der Waals surface area (Å²) >= 11 is 0. The molecule has 0 spiro atoms. The van der Waals surface area contributed by atoms with Crippen LogP contribution in [0.4, 0.5) is 0 Å². The van der Waals surface area contributed by atoms with Crippen LogP contribution in [0.5, 0.6) is 0 Å². The summed E-state index contributed by atoms with van der Waals surface area (Å²) in [4.78, 5) is 14.2. The Morgan fingerprint density at radius 1 is 1.28 bits per heavy atom. The predicted molar refractivity (Wildman–Crippen MR) is 73.5 cm³/mol. The number of nitrogens with zero attached hydrogens (tertiary/aromatic N) is 1. The van der Waals surface area contributed by atoms with Crippen LogP contribution in [0.15, 0.2) is 0 Å². The molecule has 1 atom stereocenters. The van der Waals surface area contributed by atoms with E-state index in [-0.39, 0.29) is 5.91 Å². The Balaban J connectivity index is 1.68. The summed E-state index contributed by atoms with van der Waals surface area (Å²) in [5.41, 5.74) is 0. The van der Waals surface area contributed by atoms with Crippen molar-refractivity contribution >= 4 is 5.91 Å². The van der Waals surface area contributed by atoms with E-state index in [0.29, 0.717) is 18.5 Å². The molecule has 4 nitrogen and oxygen atoms in total. The van der Waals surface area contributed by atoms with Crippen LogP contribution in [-0.2, 0) is 4.79 Å². The smallest absolute Gasteiger partial charge is 0.221 e. The van der Waals surface area contributed by atoms with Gasteiger partial charge in [-0.15, -0.1) is 0 Å². The monoisotopic (exact) mass is 253 g/mol. The fraction of sp³-hybridized carbons (Fsp3) is 0.929. The molecule has 1 aliphatic heterocycles. The normalized spacial score (nSPS) is 25.1. The Kier molecular flexibility index (Phi) is 5.45. The summed E-state index contributed by atoms with van der Waals surface area (Å²) in [6, 6.07) is 1.18. The average Bonchev–Trinajstić information content (AvgIpc) is 3.18. The lowest BCUT2D eigenvalue weighted by molar-refractivity contribution is -0.121. The van der Waals surface area contributed by atoms with E-state index in [9.17, 15) is 4.79 Å². The Morgan fingerprint density at radius 2 is 2.11 bits per heavy atom. The topological polar surface area (TPSA) is 44.4 Å². The molecule has 2 N–H and O–H groups in total. The number of carbonyl (C=O) groups is 1.